The van der Waals surface area contributed by atoms with Crippen LogP contribution in [0.5, 0.6) is 0 Å². The number of hydrogen-bond donors (Lipinski definition) is 2. The van der Waals surface area contributed by atoms with E-state index < -0.39 is 0 Å². The molecule has 0 atom stereocenters. The number of nitrogens with one attached hydrogen (secondary N) is 2. The van der Waals surface area contributed by atoms with Crippen LogP contribution < -0.4 is 15.5 Å². The molecule has 3 aromatic carbocycles. The lowest BCUT2D eigenvalue weighted by Crippen LogP contribution is -2.29. The first kappa shape index (κ1) is 16.5. The van der Waals surface area contributed by atoms with Gasteiger partial charge in [-0.05, 0) is 55.0 Å². The molecule has 2 N–H and O–H groups in total. The lowest BCUT2D eigenvalue weighted by molar-refractivity contribution is 0.262. The van der Waals surface area contributed by atoms with Crippen LogP contribution in [-0.2, 0) is 0 Å². The number of urea groups is 1. The molecular weight excluding hydrogens is 322 g/mol. The molecule has 0 aromatic heterocycles. The van der Waals surface area contributed by atoms with Gasteiger partial charge in [-0.15, -0.1) is 0 Å². The van der Waals surface area contributed by atoms with E-state index in [0.717, 1.165) is 35.2 Å². The summed E-state index contributed by atoms with van der Waals surface area (Å²) >= 11 is 0. The molecule has 0 radical (unpaired) electrons. The van der Waals surface area contributed by atoms with Crippen molar-refractivity contribution in [3.05, 3.63) is 66.7 Å². The van der Waals surface area contributed by atoms with Gasteiger partial charge in [-0.25, -0.2) is 4.79 Å². The van der Waals surface area contributed by atoms with Gasteiger partial charge in [-0.2, -0.15) is 0 Å². The van der Waals surface area contributed by atoms with Crippen molar-refractivity contribution in [2.75, 3.05) is 28.6 Å². The molecule has 0 saturated carbocycles. The van der Waals surface area contributed by atoms with Crippen LogP contribution in [0.3, 0.4) is 0 Å². The Morgan fingerprint density at radius 3 is 2.31 bits per heavy atom. The van der Waals surface area contributed by atoms with Crippen LogP contribution in [0.25, 0.3) is 10.8 Å². The van der Waals surface area contributed by atoms with Crippen molar-refractivity contribution < 1.29 is 4.79 Å². The first-order valence-corrected chi connectivity index (χ1v) is 9.20. The predicted molar refractivity (Wildman–Crippen MR) is 109 cm³/mol. The number of piperidine rings is 1. The highest BCUT2D eigenvalue weighted by atomic mass is 16.2. The van der Waals surface area contributed by atoms with Gasteiger partial charge in [0.2, 0.25) is 0 Å². The van der Waals surface area contributed by atoms with Gasteiger partial charge in [0, 0.05) is 29.9 Å². The van der Waals surface area contributed by atoms with Gasteiger partial charge in [-0.3, -0.25) is 0 Å². The number of hydrogen-bond acceptors (Lipinski definition) is 2. The minimum Gasteiger partial charge on any atom is -0.372 e. The first-order valence-electron chi connectivity index (χ1n) is 9.20. The number of fused-ring (bicyclic) bond motifs is 1. The highest BCUT2D eigenvalue weighted by Gasteiger charge is 2.11. The summed E-state index contributed by atoms with van der Waals surface area (Å²) in [6.45, 7) is 2.24. The maximum atomic E-state index is 12.4. The van der Waals surface area contributed by atoms with Crippen molar-refractivity contribution in [1.82, 2.24) is 0 Å². The van der Waals surface area contributed by atoms with E-state index in [0.29, 0.717) is 0 Å². The van der Waals surface area contributed by atoms with Crippen molar-refractivity contribution in [1.29, 1.82) is 0 Å². The monoisotopic (exact) mass is 345 g/mol. The maximum Gasteiger partial charge on any atom is 0.323 e. The summed E-state index contributed by atoms with van der Waals surface area (Å²) in [5.41, 5.74) is 2.83. The molecule has 4 nitrogen and oxygen atoms in total. The van der Waals surface area contributed by atoms with Gasteiger partial charge in [0.25, 0.3) is 0 Å². The predicted octanol–water partition coefficient (Wildman–Crippen LogP) is 5.47. The van der Waals surface area contributed by atoms with Gasteiger partial charge in [0.15, 0.2) is 0 Å². The third-order valence-electron chi connectivity index (χ3n) is 4.88. The number of carbonyl (C=O) groups excluding carboxylic acids is 1. The molecule has 4 rings (SSSR count). The number of rotatable bonds is 3. The number of carbonyl (C=O) groups is 1. The van der Waals surface area contributed by atoms with Crippen molar-refractivity contribution in [3.63, 3.8) is 0 Å². The Bertz CT molecular complexity index is 893. The Morgan fingerprint density at radius 1 is 0.769 bits per heavy atom. The lowest BCUT2D eigenvalue weighted by Gasteiger charge is -2.28. The largest absolute Gasteiger partial charge is 0.372 e. The molecule has 132 valence electrons. The highest BCUT2D eigenvalue weighted by molar-refractivity contribution is 6.06. The van der Waals surface area contributed by atoms with E-state index in [-0.39, 0.29) is 6.03 Å². The Morgan fingerprint density at radius 2 is 1.50 bits per heavy atom. The minimum absolute atomic E-state index is 0.230. The lowest BCUT2D eigenvalue weighted by atomic mass is 10.1. The zero-order valence-electron chi connectivity index (χ0n) is 14.7. The molecular formula is C22H23N3O. The number of amides is 2. The van der Waals surface area contributed by atoms with E-state index in [1.807, 2.05) is 54.6 Å². The molecule has 0 spiro atoms. The molecule has 1 heterocycles. The van der Waals surface area contributed by atoms with Crippen molar-refractivity contribution in [2.24, 2.45) is 0 Å². The number of anilines is 3. The van der Waals surface area contributed by atoms with E-state index in [1.54, 1.807) is 0 Å². The van der Waals surface area contributed by atoms with Crippen molar-refractivity contribution in [2.45, 2.75) is 19.3 Å². The van der Waals surface area contributed by atoms with Gasteiger partial charge < -0.3 is 15.5 Å². The summed E-state index contributed by atoms with van der Waals surface area (Å²) < 4.78 is 0. The normalized spacial score (nSPS) is 14.2. The highest BCUT2D eigenvalue weighted by Crippen LogP contribution is 2.24. The Kier molecular flexibility index (Phi) is 4.73. The first-order chi connectivity index (χ1) is 12.8. The number of nitrogens with zero attached hydrogens (tertiary/aromatic N) is 1. The van der Waals surface area contributed by atoms with E-state index >= 15 is 0 Å². The fourth-order valence-electron chi connectivity index (χ4n) is 3.53. The SMILES string of the molecule is O=C(Nc1ccc(N2CCCCC2)cc1)Nc1cccc2ccccc12. The van der Waals surface area contributed by atoms with Gasteiger partial charge in [0.1, 0.15) is 0 Å². The van der Waals surface area contributed by atoms with Gasteiger partial charge >= 0.3 is 6.03 Å². The van der Waals surface area contributed by atoms with Crippen LogP contribution in [-0.4, -0.2) is 19.1 Å². The third-order valence-corrected chi connectivity index (χ3v) is 4.88. The van der Waals surface area contributed by atoms with E-state index in [1.165, 1.54) is 24.9 Å². The second-order valence-electron chi connectivity index (χ2n) is 6.70. The summed E-state index contributed by atoms with van der Waals surface area (Å²) in [5, 5.41) is 8.01. The van der Waals surface area contributed by atoms with E-state index in [9.17, 15) is 4.79 Å². The standard InChI is InChI=1S/C22H23N3O/c26-22(24-21-10-6-8-17-7-2-3-9-20(17)21)23-18-11-13-19(14-12-18)25-15-4-1-5-16-25/h2-3,6-14H,1,4-5,15-16H2,(H2,23,24,26). The summed E-state index contributed by atoms with van der Waals surface area (Å²) in [4.78, 5) is 14.8. The van der Waals surface area contributed by atoms with Crippen LogP contribution in [0, 0.1) is 0 Å². The van der Waals surface area contributed by atoms with Crippen LogP contribution >= 0.6 is 0 Å². The van der Waals surface area contributed by atoms with Crippen molar-refractivity contribution in [3.8, 4) is 0 Å². The molecule has 1 aliphatic heterocycles. The molecule has 0 aliphatic carbocycles. The maximum absolute atomic E-state index is 12.4. The van der Waals surface area contributed by atoms with Crippen molar-refractivity contribution >= 4 is 33.9 Å². The fraction of sp³-hybridized carbons (Fsp3) is 0.227. The van der Waals surface area contributed by atoms with Crippen LogP contribution in [0.2, 0.25) is 0 Å². The van der Waals surface area contributed by atoms with Crippen LogP contribution in [0.15, 0.2) is 66.7 Å². The molecule has 0 bridgehead atoms. The third kappa shape index (κ3) is 3.64. The second kappa shape index (κ2) is 7.48. The van der Waals surface area contributed by atoms with E-state index in [4.69, 9.17) is 0 Å². The van der Waals surface area contributed by atoms with E-state index in [2.05, 4.69) is 27.7 Å². The Hall–Kier alpha value is -3.01. The molecule has 1 aliphatic rings. The average Bonchev–Trinajstić information content (AvgIpc) is 2.69. The van der Waals surface area contributed by atoms with Crippen LogP contribution in [0.1, 0.15) is 19.3 Å². The Balaban J connectivity index is 1.43. The second-order valence-corrected chi connectivity index (χ2v) is 6.70. The smallest absolute Gasteiger partial charge is 0.323 e. The van der Waals surface area contributed by atoms with Gasteiger partial charge in [-0.1, -0.05) is 36.4 Å². The molecule has 26 heavy (non-hydrogen) atoms. The zero-order valence-corrected chi connectivity index (χ0v) is 14.7. The van der Waals surface area contributed by atoms with Crippen LogP contribution in [0.4, 0.5) is 21.9 Å². The summed E-state index contributed by atoms with van der Waals surface area (Å²) in [6, 6.07) is 21.8. The Labute approximate surface area is 153 Å². The molecule has 2 amide bonds. The molecule has 0 unspecified atom stereocenters. The quantitative estimate of drug-likeness (QED) is 0.661. The average molecular weight is 345 g/mol. The fourth-order valence-corrected chi connectivity index (χ4v) is 3.53. The van der Waals surface area contributed by atoms with Gasteiger partial charge in [0.05, 0.1) is 5.69 Å². The molecule has 4 heteroatoms. The summed E-state index contributed by atoms with van der Waals surface area (Å²) in [6.07, 6.45) is 3.84. The topological polar surface area (TPSA) is 44.4 Å². The summed E-state index contributed by atoms with van der Waals surface area (Å²) in [7, 11) is 0. The molecule has 1 fully saturated rings. The summed E-state index contributed by atoms with van der Waals surface area (Å²) in [5.74, 6) is 0. The minimum atomic E-state index is -0.230. The number of benzene rings is 3. The zero-order chi connectivity index (χ0) is 17.8. The molecule has 3 aromatic rings. The molecule has 1 saturated heterocycles.